The molecule has 0 radical (unpaired) electrons. The molecule has 1 aliphatic heterocycles. The van der Waals surface area contributed by atoms with E-state index in [9.17, 15) is 8.42 Å². The van der Waals surface area contributed by atoms with Crippen LogP contribution in [0.1, 0.15) is 13.3 Å². The van der Waals surface area contributed by atoms with E-state index < -0.39 is 9.84 Å². The van der Waals surface area contributed by atoms with Gasteiger partial charge in [-0.3, -0.25) is 0 Å². The van der Waals surface area contributed by atoms with Crippen LogP contribution in [-0.4, -0.2) is 58.3 Å². The van der Waals surface area contributed by atoms with Crippen LogP contribution >= 0.6 is 0 Å². The van der Waals surface area contributed by atoms with Gasteiger partial charge in [-0.25, -0.2) is 8.42 Å². The predicted molar refractivity (Wildman–Crippen MR) is 86.5 cm³/mol. The number of benzene rings is 1. The molecule has 6 heteroatoms. The van der Waals surface area contributed by atoms with Gasteiger partial charge in [0.1, 0.15) is 0 Å². The molecular formula is C15H25N3O2S. The SMILES string of the molecule is CCS(=O)(=O)c1ccc(N2CCCN(CCN)CC2)cc1. The third kappa shape index (κ3) is 4.18. The van der Waals surface area contributed by atoms with Crippen molar-refractivity contribution in [1.82, 2.24) is 4.90 Å². The zero-order chi connectivity index (χ0) is 15.3. The summed E-state index contributed by atoms with van der Waals surface area (Å²) in [4.78, 5) is 5.11. The Kier molecular flexibility index (Phi) is 5.61. The first-order valence-corrected chi connectivity index (χ1v) is 9.22. The Morgan fingerprint density at radius 2 is 1.81 bits per heavy atom. The van der Waals surface area contributed by atoms with Gasteiger partial charge in [0.25, 0.3) is 0 Å². The van der Waals surface area contributed by atoms with Crippen molar-refractivity contribution in [2.24, 2.45) is 5.73 Å². The first-order chi connectivity index (χ1) is 10.1. The van der Waals surface area contributed by atoms with Gasteiger partial charge in [-0.05, 0) is 37.2 Å². The number of sulfone groups is 1. The van der Waals surface area contributed by atoms with Crippen LogP contribution < -0.4 is 10.6 Å². The van der Waals surface area contributed by atoms with Crippen molar-refractivity contribution in [3.63, 3.8) is 0 Å². The summed E-state index contributed by atoms with van der Waals surface area (Å²) in [5.41, 5.74) is 6.71. The van der Waals surface area contributed by atoms with Crippen molar-refractivity contribution in [3.8, 4) is 0 Å². The van der Waals surface area contributed by atoms with Crippen LogP contribution in [-0.2, 0) is 9.84 Å². The van der Waals surface area contributed by atoms with Gasteiger partial charge in [0.15, 0.2) is 9.84 Å². The molecule has 0 aliphatic carbocycles. The Balaban J connectivity index is 2.05. The molecule has 0 unspecified atom stereocenters. The largest absolute Gasteiger partial charge is 0.370 e. The highest BCUT2D eigenvalue weighted by atomic mass is 32.2. The third-order valence-corrected chi connectivity index (χ3v) is 5.73. The van der Waals surface area contributed by atoms with Crippen molar-refractivity contribution in [1.29, 1.82) is 0 Å². The molecule has 0 spiro atoms. The highest BCUT2D eigenvalue weighted by Crippen LogP contribution is 2.20. The molecular weight excluding hydrogens is 286 g/mol. The molecule has 0 aromatic heterocycles. The average Bonchev–Trinajstić information content (AvgIpc) is 2.73. The summed E-state index contributed by atoms with van der Waals surface area (Å²) in [7, 11) is -3.11. The lowest BCUT2D eigenvalue weighted by atomic mass is 10.2. The third-order valence-electron chi connectivity index (χ3n) is 3.97. The van der Waals surface area contributed by atoms with E-state index in [1.165, 1.54) is 0 Å². The van der Waals surface area contributed by atoms with Crippen molar-refractivity contribution in [2.75, 3.05) is 49.9 Å². The van der Waals surface area contributed by atoms with E-state index in [2.05, 4.69) is 9.80 Å². The molecule has 1 aromatic carbocycles. The van der Waals surface area contributed by atoms with E-state index in [0.29, 0.717) is 11.4 Å². The van der Waals surface area contributed by atoms with E-state index in [1.807, 2.05) is 12.1 Å². The fourth-order valence-electron chi connectivity index (χ4n) is 2.67. The highest BCUT2D eigenvalue weighted by molar-refractivity contribution is 7.91. The molecule has 0 bridgehead atoms. The van der Waals surface area contributed by atoms with Crippen molar-refractivity contribution in [2.45, 2.75) is 18.2 Å². The lowest BCUT2D eigenvalue weighted by Gasteiger charge is -2.23. The lowest BCUT2D eigenvalue weighted by Crippen LogP contribution is -2.33. The first-order valence-electron chi connectivity index (χ1n) is 7.57. The molecule has 1 aromatic rings. The van der Waals surface area contributed by atoms with Gasteiger partial charge in [-0.15, -0.1) is 0 Å². The maximum absolute atomic E-state index is 11.8. The fraction of sp³-hybridized carbons (Fsp3) is 0.600. The molecule has 1 aliphatic rings. The second-order valence-corrected chi connectivity index (χ2v) is 7.65. The average molecular weight is 311 g/mol. The summed E-state index contributed by atoms with van der Waals surface area (Å²) in [5, 5.41) is 0. The topological polar surface area (TPSA) is 66.6 Å². The Morgan fingerprint density at radius 3 is 2.43 bits per heavy atom. The van der Waals surface area contributed by atoms with Gasteiger partial charge in [-0.1, -0.05) is 6.92 Å². The normalized spacial score (nSPS) is 17.7. The van der Waals surface area contributed by atoms with E-state index in [-0.39, 0.29) is 5.75 Å². The van der Waals surface area contributed by atoms with Crippen LogP contribution in [0.2, 0.25) is 0 Å². The summed E-state index contributed by atoms with van der Waals surface area (Å²) < 4.78 is 23.7. The Morgan fingerprint density at radius 1 is 1.10 bits per heavy atom. The van der Waals surface area contributed by atoms with Gasteiger partial charge in [0, 0.05) is 38.4 Å². The van der Waals surface area contributed by atoms with Crippen LogP contribution in [0.5, 0.6) is 0 Å². The molecule has 2 N–H and O–H groups in total. The van der Waals surface area contributed by atoms with Crippen molar-refractivity contribution < 1.29 is 8.42 Å². The molecule has 5 nitrogen and oxygen atoms in total. The zero-order valence-electron chi connectivity index (χ0n) is 12.7. The van der Waals surface area contributed by atoms with Crippen LogP contribution in [0.25, 0.3) is 0 Å². The highest BCUT2D eigenvalue weighted by Gasteiger charge is 2.16. The van der Waals surface area contributed by atoms with Gasteiger partial charge >= 0.3 is 0 Å². The van der Waals surface area contributed by atoms with Crippen molar-refractivity contribution in [3.05, 3.63) is 24.3 Å². The van der Waals surface area contributed by atoms with Crippen LogP contribution in [0.4, 0.5) is 5.69 Å². The Labute approximate surface area is 127 Å². The Bertz CT molecular complexity index is 543. The second-order valence-electron chi connectivity index (χ2n) is 5.37. The van der Waals surface area contributed by atoms with Crippen LogP contribution in [0.15, 0.2) is 29.2 Å². The summed E-state index contributed by atoms with van der Waals surface area (Å²) in [6, 6.07) is 7.27. The molecule has 1 heterocycles. The van der Waals surface area contributed by atoms with Crippen LogP contribution in [0, 0.1) is 0 Å². The smallest absolute Gasteiger partial charge is 0.178 e. The molecule has 0 atom stereocenters. The molecule has 118 valence electrons. The maximum Gasteiger partial charge on any atom is 0.178 e. The summed E-state index contributed by atoms with van der Waals surface area (Å²) in [5.74, 6) is 0.143. The number of nitrogens with two attached hydrogens (primary N) is 1. The Hall–Kier alpha value is -1.11. The molecule has 0 amide bonds. The van der Waals surface area contributed by atoms with E-state index in [1.54, 1.807) is 19.1 Å². The number of nitrogens with zero attached hydrogens (tertiary/aromatic N) is 2. The van der Waals surface area contributed by atoms with Gasteiger partial charge in [0.2, 0.25) is 0 Å². The maximum atomic E-state index is 11.8. The van der Waals surface area contributed by atoms with Gasteiger partial charge in [0.05, 0.1) is 10.6 Å². The van der Waals surface area contributed by atoms with Crippen LogP contribution in [0.3, 0.4) is 0 Å². The lowest BCUT2D eigenvalue weighted by molar-refractivity contribution is 0.302. The molecule has 21 heavy (non-hydrogen) atoms. The van der Waals surface area contributed by atoms with Gasteiger partial charge in [-0.2, -0.15) is 0 Å². The first kappa shape index (κ1) is 16.3. The summed E-state index contributed by atoms with van der Waals surface area (Å²) >= 11 is 0. The molecule has 1 fully saturated rings. The quantitative estimate of drug-likeness (QED) is 0.877. The minimum absolute atomic E-state index is 0.143. The number of rotatable bonds is 5. The monoisotopic (exact) mass is 311 g/mol. The molecule has 0 saturated carbocycles. The molecule has 1 saturated heterocycles. The van der Waals surface area contributed by atoms with E-state index in [0.717, 1.165) is 44.8 Å². The van der Waals surface area contributed by atoms with E-state index >= 15 is 0 Å². The fourth-order valence-corrected chi connectivity index (χ4v) is 3.55. The number of hydrogen-bond acceptors (Lipinski definition) is 5. The minimum Gasteiger partial charge on any atom is -0.370 e. The summed E-state index contributed by atoms with van der Waals surface area (Å²) in [6.07, 6.45) is 1.11. The van der Waals surface area contributed by atoms with Crippen molar-refractivity contribution >= 4 is 15.5 Å². The second kappa shape index (κ2) is 7.24. The number of anilines is 1. The minimum atomic E-state index is -3.11. The zero-order valence-corrected chi connectivity index (χ0v) is 13.5. The predicted octanol–water partition coefficient (Wildman–Crippen LogP) is 0.951. The standard InChI is InChI=1S/C15H25N3O2S/c1-2-21(19,20)15-6-4-14(5-7-15)18-10-3-9-17(11-8-16)12-13-18/h4-7H,2-3,8-13,16H2,1H3. The summed E-state index contributed by atoms with van der Waals surface area (Å²) in [6.45, 7) is 7.36. The number of hydrogen-bond donors (Lipinski definition) is 1. The van der Waals surface area contributed by atoms with E-state index in [4.69, 9.17) is 5.73 Å². The van der Waals surface area contributed by atoms with Gasteiger partial charge < -0.3 is 15.5 Å². The molecule has 2 rings (SSSR count).